The van der Waals surface area contributed by atoms with Gasteiger partial charge >= 0.3 is 0 Å². The van der Waals surface area contributed by atoms with Crippen molar-refractivity contribution in [3.8, 4) is 16.8 Å². The van der Waals surface area contributed by atoms with Crippen LogP contribution in [0.5, 0.6) is 0 Å². The second-order valence-corrected chi connectivity index (χ2v) is 11.0. The summed E-state index contributed by atoms with van der Waals surface area (Å²) in [6.45, 7) is 6.81. The molecular weight excluding hydrogens is 434 g/mol. The lowest BCUT2D eigenvalue weighted by molar-refractivity contribution is 0.590. The molecule has 0 radical (unpaired) electrons. The van der Waals surface area contributed by atoms with Crippen LogP contribution < -0.4 is 0 Å². The van der Waals surface area contributed by atoms with E-state index in [9.17, 15) is 0 Å². The highest BCUT2D eigenvalue weighted by Gasteiger charge is 2.29. The Kier molecular flexibility index (Phi) is 4.53. The van der Waals surface area contributed by atoms with Gasteiger partial charge in [0, 0.05) is 22.4 Å². The molecule has 1 aliphatic carbocycles. The van der Waals surface area contributed by atoms with Gasteiger partial charge in [0.05, 0.1) is 11.0 Å². The molecule has 0 fully saturated rings. The Balaban J connectivity index is 1.48. The van der Waals surface area contributed by atoms with Gasteiger partial charge in [0.15, 0.2) is 0 Å². The van der Waals surface area contributed by atoms with Crippen LogP contribution in [-0.4, -0.2) is 4.57 Å². The van der Waals surface area contributed by atoms with Crippen LogP contribution in [0.3, 0.4) is 0 Å². The molecule has 1 aromatic heterocycles. The normalized spacial score (nSPS) is 13.3. The Morgan fingerprint density at radius 3 is 1.81 bits per heavy atom. The fraction of sp³-hybridized carbons (Fsp3) is 0.143. The van der Waals surface area contributed by atoms with Crippen molar-refractivity contribution < 1.29 is 0 Å². The number of hydrogen-bond donors (Lipinski definition) is 0. The molecule has 0 aliphatic heterocycles. The largest absolute Gasteiger partial charge is 0.309 e. The molecule has 1 aliphatic rings. The van der Waals surface area contributed by atoms with Crippen molar-refractivity contribution in [3.05, 3.63) is 138 Å². The summed E-state index contributed by atoms with van der Waals surface area (Å²) < 4.78 is 2.44. The maximum absolute atomic E-state index is 2.44. The highest BCUT2D eigenvalue weighted by Crippen LogP contribution is 2.48. The van der Waals surface area contributed by atoms with E-state index in [2.05, 4.69) is 141 Å². The minimum atomic E-state index is 0.135. The first-order chi connectivity index (χ1) is 17.5. The Morgan fingerprint density at radius 1 is 0.556 bits per heavy atom. The second-order valence-electron chi connectivity index (χ2n) is 11.0. The zero-order valence-corrected chi connectivity index (χ0v) is 21.0. The number of aromatic nitrogens is 1. The topological polar surface area (TPSA) is 4.93 Å². The van der Waals surface area contributed by atoms with Crippen LogP contribution in [0.25, 0.3) is 38.6 Å². The van der Waals surface area contributed by atoms with Crippen molar-refractivity contribution in [2.45, 2.75) is 32.1 Å². The lowest BCUT2D eigenvalue weighted by Gasteiger charge is -2.20. The molecule has 1 heterocycles. The number of rotatable bonds is 2. The van der Waals surface area contributed by atoms with Crippen LogP contribution in [0.2, 0.25) is 0 Å². The average molecular weight is 464 g/mol. The van der Waals surface area contributed by atoms with Gasteiger partial charge < -0.3 is 4.57 Å². The lowest BCUT2D eigenvalue weighted by Crippen LogP contribution is -2.10. The Morgan fingerprint density at radius 2 is 1.14 bits per heavy atom. The van der Waals surface area contributed by atoms with Crippen molar-refractivity contribution in [3.63, 3.8) is 0 Å². The van der Waals surface area contributed by atoms with E-state index < -0.39 is 0 Å². The number of nitrogens with zero attached hydrogens (tertiary/aromatic N) is 1. The van der Waals surface area contributed by atoms with E-state index in [-0.39, 0.29) is 11.3 Å². The Bertz CT molecular complexity index is 1710. The van der Waals surface area contributed by atoms with Gasteiger partial charge in [-0.05, 0) is 63.1 Å². The number of hydrogen-bond acceptors (Lipinski definition) is 0. The molecule has 5 aromatic carbocycles. The molecule has 0 atom stereocenters. The first-order valence-corrected chi connectivity index (χ1v) is 12.8. The zero-order valence-electron chi connectivity index (χ0n) is 21.0. The highest BCUT2D eigenvalue weighted by molar-refractivity contribution is 6.09. The van der Waals surface area contributed by atoms with Crippen molar-refractivity contribution in [2.24, 2.45) is 0 Å². The third-order valence-corrected chi connectivity index (χ3v) is 7.86. The minimum absolute atomic E-state index is 0.135. The molecule has 1 heteroatoms. The predicted octanol–water partition coefficient (Wildman–Crippen LogP) is 9.24. The average Bonchev–Trinajstić information content (AvgIpc) is 3.41. The molecule has 36 heavy (non-hydrogen) atoms. The standard InChI is InChI=1S/C35H29N/c1-35(2,3)24-17-19-25(20-18-24)36-32-15-9-8-12-28(32)29-21-16-23(22-33(29)36)34-30-13-6-4-10-26(30)27-11-5-7-14-31(27)34/h4-22,34H,1-3H3. The quantitative estimate of drug-likeness (QED) is 0.241. The molecule has 7 rings (SSSR count). The first-order valence-electron chi connectivity index (χ1n) is 12.8. The molecule has 0 saturated carbocycles. The van der Waals surface area contributed by atoms with Gasteiger partial charge in [0.25, 0.3) is 0 Å². The van der Waals surface area contributed by atoms with Gasteiger partial charge in [-0.2, -0.15) is 0 Å². The summed E-state index contributed by atoms with van der Waals surface area (Å²) in [4.78, 5) is 0. The highest BCUT2D eigenvalue weighted by atomic mass is 15.0. The van der Waals surface area contributed by atoms with E-state index in [1.54, 1.807) is 0 Å². The number of benzene rings is 5. The van der Waals surface area contributed by atoms with Crippen molar-refractivity contribution in [2.75, 3.05) is 0 Å². The lowest BCUT2D eigenvalue weighted by atomic mass is 9.87. The van der Waals surface area contributed by atoms with Crippen LogP contribution in [-0.2, 0) is 5.41 Å². The Hall–Kier alpha value is -4.10. The summed E-state index contributed by atoms with van der Waals surface area (Å²) >= 11 is 0. The van der Waals surface area contributed by atoms with Gasteiger partial charge in [-0.1, -0.05) is 112 Å². The molecule has 1 nitrogen and oxygen atoms in total. The Labute approximate surface area is 212 Å². The zero-order chi connectivity index (χ0) is 24.4. The van der Waals surface area contributed by atoms with Crippen LogP contribution in [0.4, 0.5) is 0 Å². The van der Waals surface area contributed by atoms with Gasteiger partial charge in [0.1, 0.15) is 0 Å². The molecule has 0 saturated heterocycles. The van der Waals surface area contributed by atoms with Gasteiger partial charge in [-0.15, -0.1) is 0 Å². The monoisotopic (exact) mass is 463 g/mol. The molecule has 0 spiro atoms. The third-order valence-electron chi connectivity index (χ3n) is 7.86. The molecule has 0 N–H and O–H groups in total. The molecule has 0 amide bonds. The van der Waals surface area contributed by atoms with E-state index >= 15 is 0 Å². The fourth-order valence-corrected chi connectivity index (χ4v) is 6.07. The predicted molar refractivity (Wildman–Crippen MR) is 152 cm³/mol. The number of fused-ring (bicyclic) bond motifs is 6. The summed E-state index contributed by atoms with van der Waals surface area (Å²) in [7, 11) is 0. The van der Waals surface area contributed by atoms with Gasteiger partial charge in [0.2, 0.25) is 0 Å². The molecule has 174 valence electrons. The van der Waals surface area contributed by atoms with E-state index in [4.69, 9.17) is 0 Å². The molecular formula is C35H29N. The number of para-hydroxylation sites is 1. The van der Waals surface area contributed by atoms with E-state index in [0.717, 1.165) is 0 Å². The maximum Gasteiger partial charge on any atom is 0.0544 e. The SMILES string of the molecule is CC(C)(C)c1ccc(-n2c3ccccc3c3ccc(C4c5ccccc5-c5ccccc54)cc32)cc1. The van der Waals surface area contributed by atoms with E-state index in [0.29, 0.717) is 0 Å². The first kappa shape index (κ1) is 21.2. The van der Waals surface area contributed by atoms with Crippen LogP contribution >= 0.6 is 0 Å². The fourth-order valence-electron chi connectivity index (χ4n) is 6.07. The summed E-state index contributed by atoms with van der Waals surface area (Å²) in [5, 5.41) is 2.60. The van der Waals surface area contributed by atoms with Crippen LogP contribution in [0, 0.1) is 0 Å². The van der Waals surface area contributed by atoms with Gasteiger partial charge in [-0.25, -0.2) is 0 Å². The molecule has 0 bridgehead atoms. The maximum atomic E-state index is 2.44. The van der Waals surface area contributed by atoms with Crippen molar-refractivity contribution >= 4 is 21.8 Å². The third kappa shape index (κ3) is 3.09. The summed E-state index contributed by atoms with van der Waals surface area (Å²) in [5.41, 5.74) is 12.1. The minimum Gasteiger partial charge on any atom is -0.309 e. The van der Waals surface area contributed by atoms with Gasteiger partial charge in [-0.3, -0.25) is 0 Å². The van der Waals surface area contributed by atoms with Crippen molar-refractivity contribution in [1.82, 2.24) is 4.57 Å². The summed E-state index contributed by atoms with van der Waals surface area (Å²) in [6, 6.07) is 42.8. The van der Waals surface area contributed by atoms with E-state index in [1.807, 2.05) is 0 Å². The smallest absolute Gasteiger partial charge is 0.0544 e. The van der Waals surface area contributed by atoms with Crippen LogP contribution in [0.1, 0.15) is 48.9 Å². The van der Waals surface area contributed by atoms with Crippen molar-refractivity contribution in [1.29, 1.82) is 0 Å². The molecule has 6 aromatic rings. The molecule has 0 unspecified atom stereocenters. The van der Waals surface area contributed by atoms with Crippen LogP contribution in [0.15, 0.2) is 115 Å². The second kappa shape index (κ2) is 7.70. The summed E-state index contributed by atoms with van der Waals surface area (Å²) in [6.07, 6.45) is 0. The van der Waals surface area contributed by atoms with E-state index in [1.165, 1.54) is 60.9 Å². The summed E-state index contributed by atoms with van der Waals surface area (Å²) in [5.74, 6) is 0.247.